The number of hydrogen-bond acceptors (Lipinski definition) is 4. The zero-order chi connectivity index (χ0) is 17.4. The quantitative estimate of drug-likeness (QED) is 0.446. The molecule has 5 heteroatoms. The topological polar surface area (TPSA) is 80.3 Å². The molecule has 0 bridgehead atoms. The number of allylic oxidation sites excluding steroid dienone is 2. The van der Waals surface area contributed by atoms with Gasteiger partial charge in [-0.2, -0.15) is 0 Å². The van der Waals surface area contributed by atoms with Crippen LogP contribution in [0.1, 0.15) is 79.1 Å². The average molecular weight is 351 g/mol. The molecule has 0 aromatic heterocycles. The monoisotopic (exact) mass is 350 g/mol. The second-order valence-corrected chi connectivity index (χ2v) is 5.24. The second kappa shape index (κ2) is 19.7. The Morgan fingerprint density at radius 1 is 0.652 bits per heavy atom. The zero-order valence-electron chi connectivity index (χ0n) is 15.2. The van der Waals surface area contributed by atoms with Crippen molar-refractivity contribution in [3.63, 3.8) is 0 Å². The van der Waals surface area contributed by atoms with Gasteiger partial charge in [0.05, 0.1) is 11.9 Å². The minimum Gasteiger partial charge on any atom is -0.545 e. The van der Waals surface area contributed by atoms with Crippen LogP contribution in [0.3, 0.4) is 0 Å². The van der Waals surface area contributed by atoms with Crippen LogP contribution >= 0.6 is 0 Å². The second-order valence-electron chi connectivity index (χ2n) is 5.24. The van der Waals surface area contributed by atoms with E-state index < -0.39 is 11.9 Å². The number of aliphatic carboxylic acids is 2. The predicted octanol–water partition coefficient (Wildman–Crippen LogP) is 2.14. The first kappa shape index (κ1) is 27.5. The Bertz CT molecular complexity index is 321. The molecule has 0 spiro atoms. The van der Waals surface area contributed by atoms with Gasteiger partial charge < -0.3 is 19.8 Å². The number of carboxylic acid groups (broad SMARTS) is 2. The van der Waals surface area contributed by atoms with Crippen LogP contribution in [0.25, 0.3) is 0 Å². The van der Waals surface area contributed by atoms with Crippen LogP contribution in [-0.2, 0) is 9.59 Å². The van der Waals surface area contributed by atoms with E-state index >= 15 is 0 Å². The molecule has 4 nitrogen and oxygen atoms in total. The molecule has 0 saturated heterocycles. The fourth-order valence-corrected chi connectivity index (χ4v) is 2.16. The number of hydrogen-bond donors (Lipinski definition) is 0. The van der Waals surface area contributed by atoms with Crippen LogP contribution in [-0.4, -0.2) is 49.7 Å². The van der Waals surface area contributed by atoms with Gasteiger partial charge in [-0.3, -0.25) is 0 Å². The largest absolute Gasteiger partial charge is 2.00 e. The van der Waals surface area contributed by atoms with Crippen LogP contribution < -0.4 is 10.2 Å². The van der Waals surface area contributed by atoms with E-state index in [0.717, 1.165) is 62.5 Å². The smallest absolute Gasteiger partial charge is 0.545 e. The molecule has 0 unspecified atom stereocenters. The van der Waals surface area contributed by atoms with E-state index in [1.165, 1.54) is 12.2 Å². The fraction of sp³-hybridized carbons (Fsp3) is 0.667. The van der Waals surface area contributed by atoms with Gasteiger partial charge in [0.2, 0.25) is 0 Å². The summed E-state index contributed by atoms with van der Waals surface area (Å²) in [7, 11) is 0. The first-order chi connectivity index (χ1) is 10.4. The van der Waals surface area contributed by atoms with Crippen molar-refractivity contribution >= 4 is 49.7 Å². The van der Waals surface area contributed by atoms with E-state index in [1.54, 1.807) is 0 Å². The predicted molar refractivity (Wildman–Crippen MR) is 91.6 cm³/mol. The van der Waals surface area contributed by atoms with Crippen LogP contribution in [0.4, 0.5) is 0 Å². The van der Waals surface area contributed by atoms with Gasteiger partial charge in [-0.25, -0.2) is 0 Å². The van der Waals surface area contributed by atoms with Crippen molar-refractivity contribution in [3.05, 3.63) is 23.3 Å². The molecule has 23 heavy (non-hydrogen) atoms. The summed E-state index contributed by atoms with van der Waals surface area (Å²) >= 11 is 0. The third-order valence-electron chi connectivity index (χ3n) is 2.93. The third-order valence-corrected chi connectivity index (χ3v) is 2.93. The minimum absolute atomic E-state index is 0. The average Bonchev–Trinajstić information content (AvgIpc) is 2.39. The van der Waals surface area contributed by atoms with Gasteiger partial charge in [-0.15, -0.1) is 0 Å². The zero-order valence-corrected chi connectivity index (χ0v) is 17.4. The molecular weight excluding hydrogens is 320 g/mol. The van der Waals surface area contributed by atoms with Crippen LogP contribution in [0.2, 0.25) is 0 Å². The normalized spacial score (nSPS) is 8.87. The molecule has 128 valence electrons. The molecule has 0 rings (SSSR count). The Morgan fingerprint density at radius 2 is 0.870 bits per heavy atom. The Balaban J connectivity index is -0.000000333. The van der Waals surface area contributed by atoms with Crippen molar-refractivity contribution in [1.82, 2.24) is 0 Å². The van der Waals surface area contributed by atoms with E-state index in [9.17, 15) is 19.8 Å². The van der Waals surface area contributed by atoms with E-state index in [1.807, 2.05) is 27.7 Å². The first-order valence-electron chi connectivity index (χ1n) is 8.21. The maximum Gasteiger partial charge on any atom is 2.00 e. The van der Waals surface area contributed by atoms with E-state index in [-0.39, 0.29) is 37.7 Å². The molecule has 0 aromatic rings. The molecule has 0 aliphatic heterocycles. The van der Waals surface area contributed by atoms with Gasteiger partial charge in [0.1, 0.15) is 0 Å². The molecule has 0 amide bonds. The van der Waals surface area contributed by atoms with E-state index in [0.29, 0.717) is 0 Å². The summed E-state index contributed by atoms with van der Waals surface area (Å²) in [5.74, 6) is -2.14. The van der Waals surface area contributed by atoms with E-state index in [4.69, 9.17) is 0 Å². The van der Waals surface area contributed by atoms with E-state index in [2.05, 4.69) is 0 Å². The summed E-state index contributed by atoms with van der Waals surface area (Å²) in [6.45, 7) is 8.16. The van der Waals surface area contributed by atoms with Gasteiger partial charge in [0.15, 0.2) is 0 Å². The maximum atomic E-state index is 10.2. The summed E-state index contributed by atoms with van der Waals surface area (Å²) < 4.78 is 0. The Labute approximate surface area is 171 Å². The summed E-state index contributed by atoms with van der Waals surface area (Å²) in [4.78, 5) is 20.3. The van der Waals surface area contributed by atoms with Gasteiger partial charge in [-0.05, 0) is 37.8 Å². The molecule has 0 heterocycles. The summed E-state index contributed by atoms with van der Waals surface area (Å²) in [5.41, 5.74) is 1.99. The van der Waals surface area contributed by atoms with Crippen LogP contribution in [0, 0.1) is 0 Å². The molecule has 0 N–H and O–H groups in total. The molecule has 0 atom stereocenters. The Morgan fingerprint density at radius 3 is 1.00 bits per heavy atom. The van der Waals surface area contributed by atoms with Gasteiger partial charge in [-0.1, -0.05) is 64.5 Å². The van der Waals surface area contributed by atoms with Crippen molar-refractivity contribution in [1.29, 1.82) is 0 Å². The molecule has 0 radical (unpaired) electrons. The summed E-state index contributed by atoms with van der Waals surface area (Å²) in [5, 5.41) is 20.3. The van der Waals surface area contributed by atoms with Crippen molar-refractivity contribution in [2.45, 2.75) is 79.1 Å². The van der Waals surface area contributed by atoms with Crippen molar-refractivity contribution < 1.29 is 19.8 Å². The first-order valence-corrected chi connectivity index (χ1v) is 8.21. The SMILES string of the molecule is CCCC(=CC(=O)[O-])CCC.CCCC(=CC(=O)[O-])CCC.[Ca+2]. The minimum atomic E-state index is -1.07. The molecular formula is C18H30CaO4. The van der Waals surface area contributed by atoms with Gasteiger partial charge in [0, 0.05) is 0 Å². The molecule has 0 saturated carbocycles. The van der Waals surface area contributed by atoms with Crippen molar-refractivity contribution in [2.75, 3.05) is 0 Å². The van der Waals surface area contributed by atoms with Crippen LogP contribution in [0.15, 0.2) is 23.3 Å². The van der Waals surface area contributed by atoms with Gasteiger partial charge in [0.25, 0.3) is 0 Å². The molecule has 0 aliphatic carbocycles. The number of carbonyl (C=O) groups excluding carboxylic acids is 2. The molecule has 0 aliphatic rings. The number of carbonyl (C=O) groups is 2. The van der Waals surface area contributed by atoms with Gasteiger partial charge >= 0.3 is 37.7 Å². The Kier molecular flexibility index (Phi) is 23.6. The van der Waals surface area contributed by atoms with Crippen LogP contribution in [0.5, 0.6) is 0 Å². The molecule has 0 aromatic carbocycles. The maximum absolute atomic E-state index is 10.2. The summed E-state index contributed by atoms with van der Waals surface area (Å²) in [6.07, 6.45) is 9.96. The number of rotatable bonds is 10. The fourth-order valence-electron chi connectivity index (χ4n) is 2.16. The standard InChI is InChI=1S/2C9H16O2.Ca/c2*1-3-5-8(6-4-2)7-9(10)11;/h2*7H,3-6H2,1-2H3,(H,10,11);/q;;+2/p-2. The number of carboxylic acids is 2. The third kappa shape index (κ3) is 21.7. The summed E-state index contributed by atoms with van der Waals surface area (Å²) in [6, 6.07) is 0. The van der Waals surface area contributed by atoms with Crippen molar-refractivity contribution in [3.8, 4) is 0 Å². The van der Waals surface area contributed by atoms with Crippen molar-refractivity contribution in [2.24, 2.45) is 0 Å². The Hall–Kier alpha value is -0.320. The molecule has 0 fully saturated rings.